The number of nitrogens with one attached hydrogen (secondary N) is 1. The van der Waals surface area contributed by atoms with Gasteiger partial charge in [0.15, 0.2) is 12.4 Å². The number of rotatable bonds is 5. The number of hydrogen-bond acceptors (Lipinski definition) is 6. The maximum atomic E-state index is 12.9. The lowest BCUT2D eigenvalue weighted by molar-refractivity contribution is 0.0462. The fourth-order valence-corrected chi connectivity index (χ4v) is 3.75. The Morgan fingerprint density at radius 2 is 1.62 bits per heavy atom. The van der Waals surface area contributed by atoms with E-state index in [1.807, 2.05) is 12.1 Å². The van der Waals surface area contributed by atoms with Crippen molar-refractivity contribution >= 4 is 34.2 Å². The maximum absolute atomic E-state index is 12.9. The Bertz CT molecular complexity index is 1600. The van der Waals surface area contributed by atoms with Gasteiger partial charge in [-0.25, -0.2) is 4.79 Å². The Kier molecular flexibility index (Phi) is 5.35. The first kappa shape index (κ1) is 21.1. The number of aryl methyl sites for hydroxylation is 1. The van der Waals surface area contributed by atoms with Crippen molar-refractivity contribution in [1.82, 2.24) is 19.2 Å². The molecule has 0 saturated carbocycles. The summed E-state index contributed by atoms with van der Waals surface area (Å²) in [6.07, 6.45) is 0. The Balaban J connectivity index is 1.42. The van der Waals surface area contributed by atoms with Gasteiger partial charge in [-0.1, -0.05) is 42.5 Å². The zero-order valence-electron chi connectivity index (χ0n) is 18.1. The van der Waals surface area contributed by atoms with Crippen LogP contribution in [0.2, 0.25) is 0 Å². The van der Waals surface area contributed by atoms with Gasteiger partial charge in [-0.2, -0.15) is 0 Å². The fraction of sp³-hybridized carbons (Fsp3) is 0.0800. The highest BCUT2D eigenvalue weighted by Gasteiger charge is 2.19. The predicted molar refractivity (Wildman–Crippen MR) is 126 cm³/mol. The second kappa shape index (κ2) is 8.62. The quantitative estimate of drug-likeness (QED) is 0.410. The van der Waals surface area contributed by atoms with Gasteiger partial charge >= 0.3 is 5.97 Å². The molecule has 5 aromatic rings. The molecule has 0 bridgehead atoms. The van der Waals surface area contributed by atoms with Gasteiger partial charge in [-0.05, 0) is 36.4 Å². The van der Waals surface area contributed by atoms with E-state index in [2.05, 4.69) is 15.5 Å². The zero-order valence-corrected chi connectivity index (χ0v) is 18.1. The van der Waals surface area contributed by atoms with Gasteiger partial charge in [0, 0.05) is 12.6 Å². The summed E-state index contributed by atoms with van der Waals surface area (Å²) in [6.45, 7) is -0.177. The van der Waals surface area contributed by atoms with E-state index in [-0.39, 0.29) is 23.6 Å². The van der Waals surface area contributed by atoms with E-state index < -0.39 is 5.97 Å². The number of aromatic nitrogens is 4. The fourth-order valence-electron chi connectivity index (χ4n) is 3.75. The summed E-state index contributed by atoms with van der Waals surface area (Å²) < 4.78 is 8.61. The number of carbonyl (C=O) groups is 2. The lowest BCUT2D eigenvalue weighted by Gasteiger charge is -2.11. The molecule has 1 N–H and O–H groups in total. The van der Waals surface area contributed by atoms with Crippen molar-refractivity contribution in [3.05, 3.63) is 106 Å². The van der Waals surface area contributed by atoms with Crippen molar-refractivity contribution in [2.75, 3.05) is 5.32 Å². The van der Waals surface area contributed by atoms with Crippen LogP contribution in [0.4, 0.5) is 5.69 Å². The Morgan fingerprint density at radius 1 is 0.912 bits per heavy atom. The normalized spacial score (nSPS) is 11.0. The van der Waals surface area contributed by atoms with Gasteiger partial charge in [0.25, 0.3) is 11.5 Å². The third-order valence-electron chi connectivity index (χ3n) is 5.46. The molecule has 0 aliphatic rings. The molecular formula is C25H19N5O4. The number of para-hydroxylation sites is 2. The summed E-state index contributed by atoms with van der Waals surface area (Å²) in [5, 5.41) is 11.5. The van der Waals surface area contributed by atoms with E-state index in [0.717, 1.165) is 0 Å². The van der Waals surface area contributed by atoms with Crippen LogP contribution in [-0.2, 0) is 18.4 Å². The van der Waals surface area contributed by atoms with Crippen molar-refractivity contribution in [3.8, 4) is 0 Å². The number of amides is 1. The lowest BCUT2D eigenvalue weighted by atomic mass is 10.1. The Labute approximate surface area is 193 Å². The third-order valence-corrected chi connectivity index (χ3v) is 5.46. The highest BCUT2D eigenvalue weighted by Crippen LogP contribution is 2.19. The topological polar surface area (TPSA) is 108 Å². The van der Waals surface area contributed by atoms with E-state index in [4.69, 9.17) is 4.74 Å². The number of nitrogens with zero attached hydrogens (tertiary/aromatic N) is 4. The van der Waals surface area contributed by atoms with Gasteiger partial charge < -0.3 is 10.1 Å². The molecule has 1 amide bonds. The second-order valence-corrected chi connectivity index (χ2v) is 7.57. The highest BCUT2D eigenvalue weighted by atomic mass is 16.5. The molecule has 34 heavy (non-hydrogen) atoms. The first-order chi connectivity index (χ1) is 16.5. The SMILES string of the molecule is Cn1c(=O)c2ccccc2n2c(COC(=O)c3ccccc3NC(=O)c3ccccc3)nnc12. The van der Waals surface area contributed by atoms with E-state index in [1.54, 1.807) is 78.2 Å². The van der Waals surface area contributed by atoms with Crippen molar-refractivity contribution in [2.45, 2.75) is 6.61 Å². The van der Waals surface area contributed by atoms with Crippen LogP contribution in [0.3, 0.4) is 0 Å². The van der Waals surface area contributed by atoms with Crippen LogP contribution in [0.5, 0.6) is 0 Å². The molecule has 0 saturated heterocycles. The monoisotopic (exact) mass is 453 g/mol. The first-order valence-electron chi connectivity index (χ1n) is 10.5. The molecule has 0 fully saturated rings. The molecule has 0 atom stereocenters. The van der Waals surface area contributed by atoms with Crippen molar-refractivity contribution in [2.24, 2.45) is 7.05 Å². The summed E-state index contributed by atoms with van der Waals surface area (Å²) in [5.41, 5.74) is 1.44. The average molecular weight is 453 g/mol. The molecule has 3 aromatic carbocycles. The lowest BCUT2D eigenvalue weighted by Crippen LogP contribution is -2.20. The molecule has 0 aliphatic heterocycles. The molecule has 168 valence electrons. The number of benzene rings is 3. The summed E-state index contributed by atoms with van der Waals surface area (Å²) in [7, 11) is 1.61. The molecule has 0 aliphatic carbocycles. The minimum atomic E-state index is -0.630. The molecule has 2 aromatic heterocycles. The van der Waals surface area contributed by atoms with Crippen LogP contribution in [0.25, 0.3) is 16.7 Å². The minimum absolute atomic E-state index is 0.177. The number of ether oxygens (including phenoxy) is 1. The van der Waals surface area contributed by atoms with Crippen LogP contribution < -0.4 is 10.9 Å². The largest absolute Gasteiger partial charge is 0.454 e. The van der Waals surface area contributed by atoms with Gasteiger partial charge in [0.05, 0.1) is 22.2 Å². The first-order valence-corrected chi connectivity index (χ1v) is 10.5. The van der Waals surface area contributed by atoms with Crippen LogP contribution >= 0.6 is 0 Å². The smallest absolute Gasteiger partial charge is 0.340 e. The predicted octanol–water partition coefficient (Wildman–Crippen LogP) is 3.19. The number of carbonyl (C=O) groups excluding carboxylic acids is 2. The molecule has 0 unspecified atom stereocenters. The molecule has 0 radical (unpaired) electrons. The van der Waals surface area contributed by atoms with Crippen molar-refractivity contribution < 1.29 is 14.3 Å². The van der Waals surface area contributed by atoms with E-state index >= 15 is 0 Å². The van der Waals surface area contributed by atoms with Crippen LogP contribution in [0.15, 0.2) is 83.7 Å². The summed E-state index contributed by atoms with van der Waals surface area (Å²) in [5.74, 6) is -0.266. The molecule has 2 heterocycles. The van der Waals surface area contributed by atoms with Gasteiger partial charge in [0.2, 0.25) is 5.78 Å². The number of esters is 1. The standard InChI is InChI=1S/C25H19N5O4/c1-29-23(32)18-12-6-8-14-20(18)30-21(27-28-25(29)30)15-34-24(33)17-11-5-7-13-19(17)26-22(31)16-9-3-2-4-10-16/h2-14H,15H2,1H3,(H,26,31). The zero-order chi connectivity index (χ0) is 23.7. The second-order valence-electron chi connectivity index (χ2n) is 7.57. The molecule has 9 heteroatoms. The minimum Gasteiger partial charge on any atom is -0.454 e. The van der Waals surface area contributed by atoms with Gasteiger partial charge in [-0.15, -0.1) is 10.2 Å². The average Bonchev–Trinajstić information content (AvgIpc) is 3.31. The number of hydrogen-bond donors (Lipinski definition) is 1. The maximum Gasteiger partial charge on any atom is 0.340 e. The third kappa shape index (κ3) is 3.69. The highest BCUT2D eigenvalue weighted by molar-refractivity contribution is 6.08. The van der Waals surface area contributed by atoms with Gasteiger partial charge in [-0.3, -0.25) is 18.6 Å². The van der Waals surface area contributed by atoms with E-state index in [1.165, 1.54) is 4.57 Å². The van der Waals surface area contributed by atoms with E-state index in [9.17, 15) is 14.4 Å². The van der Waals surface area contributed by atoms with Crippen molar-refractivity contribution in [3.63, 3.8) is 0 Å². The summed E-state index contributed by atoms with van der Waals surface area (Å²) >= 11 is 0. The summed E-state index contributed by atoms with van der Waals surface area (Å²) in [6, 6.07) is 22.4. The molecule has 0 spiro atoms. The Hall–Kier alpha value is -4.79. The van der Waals surface area contributed by atoms with E-state index in [0.29, 0.717) is 33.8 Å². The number of anilines is 1. The summed E-state index contributed by atoms with van der Waals surface area (Å²) in [4.78, 5) is 38.1. The van der Waals surface area contributed by atoms with Crippen LogP contribution in [0, 0.1) is 0 Å². The molecular weight excluding hydrogens is 434 g/mol. The van der Waals surface area contributed by atoms with Crippen LogP contribution in [0.1, 0.15) is 26.5 Å². The Morgan fingerprint density at radius 3 is 2.44 bits per heavy atom. The number of fused-ring (bicyclic) bond motifs is 3. The van der Waals surface area contributed by atoms with Crippen LogP contribution in [-0.4, -0.2) is 31.0 Å². The molecule has 9 nitrogen and oxygen atoms in total. The van der Waals surface area contributed by atoms with Crippen molar-refractivity contribution in [1.29, 1.82) is 0 Å². The van der Waals surface area contributed by atoms with Gasteiger partial charge in [0.1, 0.15) is 0 Å². The molecule has 5 rings (SSSR count).